The number of allylic oxidation sites excluding steroid dienone is 2. The van der Waals surface area contributed by atoms with Crippen molar-refractivity contribution < 1.29 is 9.53 Å². The number of rotatable bonds is 1. The summed E-state index contributed by atoms with van der Waals surface area (Å²) >= 11 is 0. The second-order valence-electron chi connectivity index (χ2n) is 2.02. The van der Waals surface area contributed by atoms with Crippen molar-refractivity contribution in [3.63, 3.8) is 0 Å². The molecular formula is C9H15NO2. The summed E-state index contributed by atoms with van der Waals surface area (Å²) in [6.07, 6.45) is 5.15. The second kappa shape index (κ2) is 5.55. The van der Waals surface area contributed by atoms with Gasteiger partial charge in [-0.1, -0.05) is 32.1 Å². The van der Waals surface area contributed by atoms with Crippen LogP contribution in [0.4, 0.5) is 0 Å². The lowest BCUT2D eigenvalue weighted by Crippen LogP contribution is -2.23. The molecule has 0 saturated heterocycles. The van der Waals surface area contributed by atoms with Gasteiger partial charge in [-0.05, 0) is 0 Å². The van der Waals surface area contributed by atoms with Gasteiger partial charge in [0.1, 0.15) is 0 Å². The molecule has 2 N–H and O–H groups in total. The maximum absolute atomic E-state index is 10.8. The van der Waals surface area contributed by atoms with Crippen LogP contribution in [0.3, 0.4) is 0 Å². The van der Waals surface area contributed by atoms with Crippen LogP contribution < -0.4 is 5.73 Å². The lowest BCUT2D eigenvalue weighted by Gasteiger charge is -2.04. The maximum Gasteiger partial charge on any atom is 0.335 e. The summed E-state index contributed by atoms with van der Waals surface area (Å²) in [4.78, 5) is 10.8. The molecule has 68 valence electrons. The Morgan fingerprint density at radius 1 is 1.58 bits per heavy atom. The van der Waals surface area contributed by atoms with Gasteiger partial charge in [-0.15, -0.1) is 0 Å². The molecule has 1 aliphatic carbocycles. The molecule has 0 amide bonds. The van der Waals surface area contributed by atoms with Crippen molar-refractivity contribution in [3.8, 4) is 0 Å². The van der Waals surface area contributed by atoms with Crippen molar-refractivity contribution in [1.29, 1.82) is 0 Å². The van der Waals surface area contributed by atoms with Gasteiger partial charge < -0.3 is 10.5 Å². The first-order valence-electron chi connectivity index (χ1n) is 3.98. The second-order valence-corrected chi connectivity index (χ2v) is 2.02. The largest absolute Gasteiger partial charge is 0.466 e. The zero-order valence-corrected chi connectivity index (χ0v) is 7.70. The van der Waals surface area contributed by atoms with E-state index in [-0.39, 0.29) is 12.0 Å². The van der Waals surface area contributed by atoms with Gasteiger partial charge in [0.25, 0.3) is 0 Å². The van der Waals surface area contributed by atoms with Crippen LogP contribution in [0.25, 0.3) is 0 Å². The Bertz CT molecular complexity index is 207. The molecule has 1 atom stereocenters. The fraction of sp³-hybridized carbons (Fsp3) is 0.444. The van der Waals surface area contributed by atoms with Gasteiger partial charge in [-0.3, -0.25) is 0 Å². The van der Waals surface area contributed by atoms with Crippen molar-refractivity contribution in [1.82, 2.24) is 0 Å². The third kappa shape index (κ3) is 2.51. The molecule has 0 aliphatic heterocycles. The van der Waals surface area contributed by atoms with E-state index in [2.05, 4.69) is 4.74 Å². The van der Waals surface area contributed by atoms with Crippen LogP contribution in [0.1, 0.15) is 13.8 Å². The van der Waals surface area contributed by atoms with Crippen LogP contribution in [0, 0.1) is 0 Å². The number of hydrogen-bond donors (Lipinski definition) is 1. The Morgan fingerprint density at radius 3 is 2.50 bits per heavy atom. The van der Waals surface area contributed by atoms with E-state index in [1.165, 1.54) is 7.11 Å². The molecule has 3 nitrogen and oxygen atoms in total. The van der Waals surface area contributed by atoms with Crippen LogP contribution in [-0.2, 0) is 9.53 Å². The van der Waals surface area contributed by atoms with Gasteiger partial charge in [0.2, 0.25) is 0 Å². The molecule has 0 aromatic rings. The Morgan fingerprint density at radius 2 is 2.17 bits per heavy atom. The van der Waals surface area contributed by atoms with E-state index in [0.717, 1.165) is 0 Å². The minimum absolute atomic E-state index is 0.285. The summed E-state index contributed by atoms with van der Waals surface area (Å²) in [6, 6.07) is -0.285. The molecule has 0 aromatic carbocycles. The highest BCUT2D eigenvalue weighted by Crippen LogP contribution is 2.10. The average Bonchev–Trinajstić information content (AvgIpc) is 2.54. The minimum Gasteiger partial charge on any atom is -0.466 e. The molecule has 1 aliphatic rings. The number of carbonyl (C=O) groups excluding carboxylic acids is 1. The fourth-order valence-electron chi connectivity index (χ4n) is 0.816. The lowest BCUT2D eigenvalue weighted by atomic mass is 10.2. The van der Waals surface area contributed by atoms with Gasteiger partial charge >= 0.3 is 5.97 Å². The fourth-order valence-corrected chi connectivity index (χ4v) is 0.816. The summed E-state index contributed by atoms with van der Waals surface area (Å²) in [5.41, 5.74) is 6.02. The van der Waals surface area contributed by atoms with Crippen molar-refractivity contribution >= 4 is 5.97 Å². The molecule has 1 unspecified atom stereocenters. The molecule has 3 heteroatoms. The van der Waals surface area contributed by atoms with E-state index in [1.807, 2.05) is 13.8 Å². The minimum atomic E-state index is -0.350. The predicted molar refractivity (Wildman–Crippen MR) is 48.6 cm³/mol. The van der Waals surface area contributed by atoms with Gasteiger partial charge in [-0.2, -0.15) is 0 Å². The van der Waals surface area contributed by atoms with Gasteiger partial charge in [0.05, 0.1) is 18.7 Å². The average molecular weight is 169 g/mol. The monoisotopic (exact) mass is 169 g/mol. The lowest BCUT2D eigenvalue weighted by molar-refractivity contribution is -0.136. The number of ether oxygens (including phenoxy) is 1. The zero-order valence-electron chi connectivity index (χ0n) is 7.70. The highest BCUT2D eigenvalue weighted by Gasteiger charge is 2.17. The number of methoxy groups -OCH3 is 1. The Kier molecular flexibility index (Phi) is 5.04. The van der Waals surface area contributed by atoms with E-state index in [0.29, 0.717) is 5.57 Å². The van der Waals surface area contributed by atoms with E-state index >= 15 is 0 Å². The molecule has 0 bridgehead atoms. The summed E-state index contributed by atoms with van der Waals surface area (Å²) in [5.74, 6) is -0.350. The van der Waals surface area contributed by atoms with E-state index < -0.39 is 0 Å². The van der Waals surface area contributed by atoms with Crippen LogP contribution >= 0.6 is 0 Å². The third-order valence-electron chi connectivity index (χ3n) is 1.37. The summed E-state index contributed by atoms with van der Waals surface area (Å²) in [6.45, 7) is 4.00. The number of nitrogens with two attached hydrogens (primary N) is 1. The molecule has 0 heterocycles. The quantitative estimate of drug-likeness (QED) is 0.596. The molecule has 0 fully saturated rings. The maximum atomic E-state index is 10.8. The van der Waals surface area contributed by atoms with E-state index in [9.17, 15) is 4.79 Å². The molecule has 0 spiro atoms. The number of carbonyl (C=O) groups is 1. The van der Waals surface area contributed by atoms with Crippen LogP contribution in [0.2, 0.25) is 0 Å². The summed E-state index contributed by atoms with van der Waals surface area (Å²) in [5, 5.41) is 0. The van der Waals surface area contributed by atoms with Crippen molar-refractivity contribution in [2.75, 3.05) is 7.11 Å². The van der Waals surface area contributed by atoms with Crippen molar-refractivity contribution in [2.24, 2.45) is 5.73 Å². The van der Waals surface area contributed by atoms with Crippen molar-refractivity contribution in [2.45, 2.75) is 19.9 Å². The van der Waals surface area contributed by atoms with Gasteiger partial charge in [-0.25, -0.2) is 4.79 Å². The molecule has 0 saturated carbocycles. The van der Waals surface area contributed by atoms with E-state index in [1.54, 1.807) is 18.2 Å². The van der Waals surface area contributed by atoms with Crippen molar-refractivity contribution in [3.05, 3.63) is 23.8 Å². The Balaban J connectivity index is 0.000000561. The predicted octanol–water partition coefficient (Wildman–Crippen LogP) is 1.01. The first-order chi connectivity index (χ1) is 5.75. The van der Waals surface area contributed by atoms with Crippen LogP contribution in [0.15, 0.2) is 23.8 Å². The highest BCUT2D eigenvalue weighted by molar-refractivity contribution is 5.91. The molecular weight excluding hydrogens is 154 g/mol. The van der Waals surface area contributed by atoms with Crippen LogP contribution in [0.5, 0.6) is 0 Å². The first-order valence-corrected chi connectivity index (χ1v) is 3.98. The topological polar surface area (TPSA) is 52.3 Å². The highest BCUT2D eigenvalue weighted by atomic mass is 16.5. The molecule has 1 rings (SSSR count). The Hall–Kier alpha value is -1.09. The number of hydrogen-bond acceptors (Lipinski definition) is 3. The van der Waals surface area contributed by atoms with Gasteiger partial charge in [0.15, 0.2) is 0 Å². The SMILES string of the molecule is CC.COC(=O)C1=CC=CC1N. The van der Waals surface area contributed by atoms with E-state index in [4.69, 9.17) is 5.73 Å². The van der Waals surface area contributed by atoms with Crippen LogP contribution in [-0.4, -0.2) is 19.1 Å². The zero-order chi connectivity index (χ0) is 9.56. The summed E-state index contributed by atoms with van der Waals surface area (Å²) in [7, 11) is 1.34. The van der Waals surface area contributed by atoms with Gasteiger partial charge in [0, 0.05) is 0 Å². The summed E-state index contributed by atoms with van der Waals surface area (Å²) < 4.78 is 4.48. The smallest absolute Gasteiger partial charge is 0.335 e. The normalized spacial score (nSPS) is 19.3. The molecule has 12 heavy (non-hydrogen) atoms. The third-order valence-corrected chi connectivity index (χ3v) is 1.37. The molecule has 0 radical (unpaired) electrons. The standard InChI is InChI=1S/C7H9NO2.C2H6/c1-10-7(9)5-3-2-4-6(5)8;1-2/h2-4,6H,8H2,1H3;1-2H3. The molecule has 0 aromatic heterocycles. The first kappa shape index (κ1) is 10.9. The number of esters is 1. The Labute approximate surface area is 72.9 Å².